The maximum atomic E-state index is 9.86. The lowest BCUT2D eigenvalue weighted by Gasteiger charge is -2.18. The van der Waals surface area contributed by atoms with E-state index in [0.717, 1.165) is 31.1 Å². The normalized spacial score (nSPS) is 12.6. The third-order valence-corrected chi connectivity index (χ3v) is 4.17. The average Bonchev–Trinajstić information content (AvgIpc) is 2.47. The fourth-order valence-electron chi connectivity index (χ4n) is 1.76. The first-order valence-electron chi connectivity index (χ1n) is 7.12. The van der Waals surface area contributed by atoms with E-state index < -0.39 is 6.10 Å². The van der Waals surface area contributed by atoms with Gasteiger partial charge in [-0.25, -0.2) is 0 Å². The molecule has 5 heteroatoms. The van der Waals surface area contributed by atoms with Crippen molar-refractivity contribution < 1.29 is 9.84 Å². The number of aliphatic hydroxyl groups excluding tert-OH is 1. The van der Waals surface area contributed by atoms with Crippen molar-refractivity contribution in [2.45, 2.75) is 20.0 Å². The molecule has 1 aromatic rings. The molecule has 0 aliphatic rings. The molecule has 1 atom stereocenters. The molecule has 1 aromatic carbocycles. The number of hydrogen-bond donors (Lipinski definition) is 2. The third kappa shape index (κ3) is 7.03. The van der Waals surface area contributed by atoms with E-state index in [-0.39, 0.29) is 0 Å². The van der Waals surface area contributed by atoms with E-state index in [1.54, 1.807) is 23.9 Å². The van der Waals surface area contributed by atoms with Crippen molar-refractivity contribution in [2.75, 3.05) is 43.5 Å². The number of ether oxygens (including phenoxy) is 1. The Morgan fingerprint density at radius 2 is 1.90 bits per heavy atom. The van der Waals surface area contributed by atoms with Gasteiger partial charge in [0.2, 0.25) is 0 Å². The predicted molar refractivity (Wildman–Crippen MR) is 87.5 cm³/mol. The number of anilines is 1. The minimum atomic E-state index is -0.436. The van der Waals surface area contributed by atoms with Gasteiger partial charge in [0.15, 0.2) is 0 Å². The van der Waals surface area contributed by atoms with E-state index in [0.29, 0.717) is 18.0 Å². The number of aliphatic hydroxyl groups is 1. The van der Waals surface area contributed by atoms with Crippen molar-refractivity contribution in [3.63, 3.8) is 0 Å². The van der Waals surface area contributed by atoms with Crippen LogP contribution in [-0.2, 0) is 0 Å². The zero-order valence-corrected chi connectivity index (χ0v) is 13.2. The van der Waals surface area contributed by atoms with Crippen molar-refractivity contribution in [1.82, 2.24) is 4.90 Å². The molecular weight excluding hydrogens is 272 g/mol. The second-order valence-electron chi connectivity index (χ2n) is 4.64. The molecule has 4 nitrogen and oxygen atoms in total. The standard InChI is InChI=1S/C15H26N2O2S/c1-3-17(4-2)9-10-20-12-14(18)11-19-15-7-5-13(16)6-8-15/h5-8,14,18H,3-4,9-12,16H2,1-2H3. The Morgan fingerprint density at radius 3 is 2.50 bits per heavy atom. The second-order valence-corrected chi connectivity index (χ2v) is 5.79. The molecule has 1 rings (SSSR count). The summed E-state index contributed by atoms with van der Waals surface area (Å²) in [5.41, 5.74) is 6.31. The average molecular weight is 298 g/mol. The van der Waals surface area contributed by atoms with Gasteiger partial charge in [0.05, 0.1) is 6.10 Å². The number of hydrogen-bond acceptors (Lipinski definition) is 5. The number of benzene rings is 1. The van der Waals surface area contributed by atoms with Crippen molar-refractivity contribution in [1.29, 1.82) is 0 Å². The number of nitrogen functional groups attached to an aromatic ring is 1. The molecule has 0 saturated carbocycles. The largest absolute Gasteiger partial charge is 0.491 e. The van der Waals surface area contributed by atoms with Crippen molar-refractivity contribution in [3.8, 4) is 5.75 Å². The Balaban J connectivity index is 2.11. The molecule has 0 spiro atoms. The monoisotopic (exact) mass is 298 g/mol. The van der Waals surface area contributed by atoms with Crippen molar-refractivity contribution >= 4 is 17.4 Å². The smallest absolute Gasteiger partial charge is 0.119 e. The quantitative estimate of drug-likeness (QED) is 0.511. The van der Waals surface area contributed by atoms with Crippen LogP contribution < -0.4 is 10.5 Å². The first-order chi connectivity index (χ1) is 9.65. The zero-order valence-electron chi connectivity index (χ0n) is 12.4. The lowest BCUT2D eigenvalue weighted by atomic mass is 10.3. The Bertz CT molecular complexity index is 355. The van der Waals surface area contributed by atoms with Crippen LogP contribution >= 0.6 is 11.8 Å². The topological polar surface area (TPSA) is 58.7 Å². The fraction of sp³-hybridized carbons (Fsp3) is 0.600. The molecule has 0 aromatic heterocycles. The Labute approximate surface area is 126 Å². The van der Waals surface area contributed by atoms with Gasteiger partial charge in [-0.3, -0.25) is 0 Å². The van der Waals surface area contributed by atoms with Crippen LogP contribution in [0.25, 0.3) is 0 Å². The molecule has 20 heavy (non-hydrogen) atoms. The van der Waals surface area contributed by atoms with Crippen LogP contribution in [-0.4, -0.2) is 53.9 Å². The molecule has 0 aliphatic carbocycles. The number of thioether (sulfide) groups is 1. The third-order valence-electron chi connectivity index (χ3n) is 3.08. The van der Waals surface area contributed by atoms with Gasteiger partial charge < -0.3 is 20.5 Å². The molecule has 0 saturated heterocycles. The van der Waals surface area contributed by atoms with E-state index in [1.807, 2.05) is 12.1 Å². The van der Waals surface area contributed by atoms with Crippen LogP contribution in [0.15, 0.2) is 24.3 Å². The van der Waals surface area contributed by atoms with Gasteiger partial charge >= 0.3 is 0 Å². The van der Waals surface area contributed by atoms with Gasteiger partial charge in [0.25, 0.3) is 0 Å². The summed E-state index contributed by atoms with van der Waals surface area (Å²) in [5.74, 6) is 2.49. The highest BCUT2D eigenvalue weighted by molar-refractivity contribution is 7.99. The summed E-state index contributed by atoms with van der Waals surface area (Å²) in [6, 6.07) is 7.21. The van der Waals surface area contributed by atoms with Crippen molar-refractivity contribution in [2.24, 2.45) is 0 Å². The molecule has 0 fully saturated rings. The van der Waals surface area contributed by atoms with Crippen LogP contribution in [0.2, 0.25) is 0 Å². The fourth-order valence-corrected chi connectivity index (χ4v) is 2.68. The number of nitrogens with two attached hydrogens (primary N) is 1. The molecule has 114 valence electrons. The highest BCUT2D eigenvalue weighted by Gasteiger charge is 2.06. The first kappa shape index (κ1) is 17.1. The van der Waals surface area contributed by atoms with Crippen LogP contribution in [0.1, 0.15) is 13.8 Å². The summed E-state index contributed by atoms with van der Waals surface area (Å²) in [6.45, 7) is 7.90. The van der Waals surface area contributed by atoms with Gasteiger partial charge in [-0.05, 0) is 37.4 Å². The maximum absolute atomic E-state index is 9.86. The van der Waals surface area contributed by atoms with Gasteiger partial charge in [-0.1, -0.05) is 13.8 Å². The van der Waals surface area contributed by atoms with Crippen LogP contribution in [0.3, 0.4) is 0 Å². The van der Waals surface area contributed by atoms with E-state index in [2.05, 4.69) is 18.7 Å². The van der Waals surface area contributed by atoms with E-state index in [4.69, 9.17) is 10.5 Å². The van der Waals surface area contributed by atoms with E-state index >= 15 is 0 Å². The highest BCUT2D eigenvalue weighted by Crippen LogP contribution is 2.14. The van der Waals surface area contributed by atoms with Gasteiger partial charge in [0.1, 0.15) is 12.4 Å². The van der Waals surface area contributed by atoms with Gasteiger partial charge in [-0.2, -0.15) is 11.8 Å². The van der Waals surface area contributed by atoms with Gasteiger partial charge in [-0.15, -0.1) is 0 Å². The maximum Gasteiger partial charge on any atom is 0.119 e. The van der Waals surface area contributed by atoms with E-state index in [1.165, 1.54) is 0 Å². The number of nitrogens with zero attached hydrogens (tertiary/aromatic N) is 1. The Morgan fingerprint density at radius 1 is 1.25 bits per heavy atom. The molecule has 0 amide bonds. The summed E-state index contributed by atoms with van der Waals surface area (Å²) in [7, 11) is 0. The van der Waals surface area contributed by atoms with Crippen molar-refractivity contribution in [3.05, 3.63) is 24.3 Å². The lowest BCUT2D eigenvalue weighted by Crippen LogP contribution is -2.26. The van der Waals surface area contributed by atoms with Crippen LogP contribution in [0, 0.1) is 0 Å². The summed E-state index contributed by atoms with van der Waals surface area (Å²) in [6.07, 6.45) is -0.436. The molecule has 0 bridgehead atoms. The lowest BCUT2D eigenvalue weighted by molar-refractivity contribution is 0.126. The van der Waals surface area contributed by atoms with E-state index in [9.17, 15) is 5.11 Å². The highest BCUT2D eigenvalue weighted by atomic mass is 32.2. The predicted octanol–water partition coefficient (Wildman–Crippen LogP) is 2.08. The van der Waals surface area contributed by atoms with Crippen LogP contribution in [0.5, 0.6) is 5.75 Å². The summed E-state index contributed by atoms with van der Waals surface area (Å²) in [4.78, 5) is 2.38. The molecule has 0 aliphatic heterocycles. The second kappa shape index (κ2) is 9.91. The SMILES string of the molecule is CCN(CC)CCSCC(O)COc1ccc(N)cc1. The first-order valence-corrected chi connectivity index (χ1v) is 8.27. The summed E-state index contributed by atoms with van der Waals surface area (Å²) in [5, 5.41) is 9.86. The zero-order chi connectivity index (χ0) is 14.8. The van der Waals surface area contributed by atoms with Gasteiger partial charge in [0, 0.05) is 23.7 Å². The summed E-state index contributed by atoms with van der Waals surface area (Å²) < 4.78 is 5.51. The Hall–Kier alpha value is -0.910. The molecule has 1 unspecified atom stereocenters. The van der Waals surface area contributed by atoms with Crippen LogP contribution in [0.4, 0.5) is 5.69 Å². The summed E-state index contributed by atoms with van der Waals surface area (Å²) >= 11 is 1.77. The molecule has 3 N–H and O–H groups in total. The minimum absolute atomic E-state index is 0.322. The Kier molecular flexibility index (Phi) is 8.49. The molecule has 0 heterocycles. The number of rotatable bonds is 10. The molecule has 0 radical (unpaired) electrons. The molecular formula is C15H26N2O2S. The minimum Gasteiger partial charge on any atom is -0.491 e.